The van der Waals surface area contributed by atoms with Gasteiger partial charge < -0.3 is 5.73 Å². The van der Waals surface area contributed by atoms with Crippen LogP contribution in [0, 0.1) is 0 Å². The van der Waals surface area contributed by atoms with Crippen LogP contribution in [0.1, 0.15) is 24.4 Å². The van der Waals surface area contributed by atoms with E-state index in [0.29, 0.717) is 0 Å². The average Bonchev–Trinajstić information content (AvgIpc) is 2.18. The van der Waals surface area contributed by atoms with Crippen LogP contribution in [0.3, 0.4) is 0 Å². The first-order chi connectivity index (χ1) is 6.65. The number of benzene rings is 1. The molecule has 1 aromatic rings. The van der Waals surface area contributed by atoms with Crippen LogP contribution in [0.25, 0.3) is 0 Å². The van der Waals surface area contributed by atoms with Crippen molar-refractivity contribution in [3.63, 3.8) is 0 Å². The third-order valence-electron chi connectivity index (χ3n) is 2.05. The molecule has 0 unspecified atom stereocenters. The van der Waals surface area contributed by atoms with Crippen LogP contribution in [0.15, 0.2) is 39.8 Å². The lowest BCUT2D eigenvalue weighted by molar-refractivity contribution is 0.661. The molecule has 0 spiro atoms. The van der Waals surface area contributed by atoms with E-state index in [9.17, 15) is 0 Å². The van der Waals surface area contributed by atoms with Gasteiger partial charge in [-0.2, -0.15) is 0 Å². The average molecular weight is 356 g/mol. The van der Waals surface area contributed by atoms with E-state index < -0.39 is 0 Å². The molecule has 0 saturated carbocycles. The van der Waals surface area contributed by atoms with Crippen molar-refractivity contribution in [2.24, 2.45) is 5.73 Å². The van der Waals surface area contributed by atoms with Gasteiger partial charge in [0.1, 0.15) is 0 Å². The fraction of sp³-hybridized carbons (Fsp3) is 0.273. The van der Waals surface area contributed by atoms with E-state index in [1.54, 1.807) is 0 Å². The topological polar surface area (TPSA) is 26.0 Å². The summed E-state index contributed by atoms with van der Waals surface area (Å²) in [6.07, 6.45) is 3.79. The summed E-state index contributed by atoms with van der Waals surface area (Å²) in [6, 6.07) is 6.20. The smallest absolute Gasteiger partial charge is 0.0320 e. The van der Waals surface area contributed by atoms with Crippen LogP contribution in [0.2, 0.25) is 0 Å². The van der Waals surface area contributed by atoms with Crippen molar-refractivity contribution < 1.29 is 0 Å². The van der Waals surface area contributed by atoms with Gasteiger partial charge in [-0.05, 0) is 62.4 Å². The molecule has 2 N–H and O–H groups in total. The standard InChI is InChI=1S/C11H13Br2N.ClH/c1-2-3-4-11(14)8-5-6-9(12)10(13)7-8;/h2,5-7,11H,1,3-4,14H2;1H/t11-;/m0./s1. The number of allylic oxidation sites excluding steroid dienone is 1. The molecule has 1 nitrogen and oxygen atoms in total. The third kappa shape index (κ3) is 4.68. The second kappa shape index (κ2) is 7.44. The van der Waals surface area contributed by atoms with Crippen molar-refractivity contribution in [2.45, 2.75) is 18.9 Å². The van der Waals surface area contributed by atoms with E-state index in [0.717, 1.165) is 27.4 Å². The number of rotatable bonds is 4. The van der Waals surface area contributed by atoms with Gasteiger partial charge in [0.05, 0.1) is 0 Å². The Morgan fingerprint density at radius 1 is 1.33 bits per heavy atom. The van der Waals surface area contributed by atoms with Gasteiger partial charge >= 0.3 is 0 Å². The summed E-state index contributed by atoms with van der Waals surface area (Å²) in [4.78, 5) is 0. The summed E-state index contributed by atoms with van der Waals surface area (Å²) < 4.78 is 2.10. The molecule has 15 heavy (non-hydrogen) atoms. The molecule has 0 heterocycles. The quantitative estimate of drug-likeness (QED) is 0.785. The maximum absolute atomic E-state index is 6.02. The Balaban J connectivity index is 0.00000196. The maximum atomic E-state index is 6.02. The van der Waals surface area contributed by atoms with Gasteiger partial charge in [0, 0.05) is 15.0 Å². The molecule has 0 saturated heterocycles. The summed E-state index contributed by atoms with van der Waals surface area (Å²) in [7, 11) is 0. The van der Waals surface area contributed by atoms with Crippen molar-refractivity contribution >= 4 is 44.3 Å². The minimum atomic E-state index is 0. The highest BCUT2D eigenvalue weighted by molar-refractivity contribution is 9.13. The fourth-order valence-corrected chi connectivity index (χ4v) is 1.85. The zero-order chi connectivity index (χ0) is 10.6. The second-order valence-corrected chi connectivity index (χ2v) is 4.85. The van der Waals surface area contributed by atoms with E-state index in [2.05, 4.69) is 44.5 Å². The molecule has 0 aliphatic carbocycles. The molecular formula is C11H14Br2ClN. The van der Waals surface area contributed by atoms with E-state index in [4.69, 9.17) is 5.73 Å². The predicted molar refractivity (Wildman–Crippen MR) is 75.4 cm³/mol. The molecule has 0 aromatic heterocycles. The lowest BCUT2D eigenvalue weighted by Crippen LogP contribution is -2.09. The van der Waals surface area contributed by atoms with Crippen LogP contribution in [0.5, 0.6) is 0 Å². The zero-order valence-corrected chi connectivity index (χ0v) is 12.2. The molecule has 0 aliphatic rings. The van der Waals surface area contributed by atoms with E-state index in [1.807, 2.05) is 18.2 Å². The van der Waals surface area contributed by atoms with Crippen LogP contribution < -0.4 is 5.73 Å². The van der Waals surface area contributed by atoms with Crippen molar-refractivity contribution in [2.75, 3.05) is 0 Å². The van der Waals surface area contributed by atoms with Crippen LogP contribution in [-0.4, -0.2) is 0 Å². The number of nitrogens with two attached hydrogens (primary N) is 1. The number of hydrogen-bond donors (Lipinski definition) is 1. The SMILES string of the molecule is C=CCC[C@H](N)c1ccc(Br)c(Br)c1.Cl. The van der Waals surface area contributed by atoms with Gasteiger partial charge in [-0.15, -0.1) is 19.0 Å². The zero-order valence-electron chi connectivity index (χ0n) is 8.25. The monoisotopic (exact) mass is 353 g/mol. The minimum absolute atomic E-state index is 0. The van der Waals surface area contributed by atoms with Crippen LogP contribution in [-0.2, 0) is 0 Å². The highest BCUT2D eigenvalue weighted by Gasteiger charge is 2.06. The lowest BCUT2D eigenvalue weighted by atomic mass is 10.0. The molecule has 0 amide bonds. The van der Waals surface area contributed by atoms with Crippen molar-refractivity contribution in [1.82, 2.24) is 0 Å². The first-order valence-corrected chi connectivity index (χ1v) is 6.05. The molecule has 0 bridgehead atoms. The Hall–Kier alpha value is 0.170. The highest BCUT2D eigenvalue weighted by Crippen LogP contribution is 2.27. The van der Waals surface area contributed by atoms with Crippen molar-refractivity contribution in [3.05, 3.63) is 45.4 Å². The Labute approximate surface area is 114 Å². The minimum Gasteiger partial charge on any atom is -0.324 e. The molecule has 0 fully saturated rings. The summed E-state index contributed by atoms with van der Waals surface area (Å²) in [5.74, 6) is 0. The lowest BCUT2D eigenvalue weighted by Gasteiger charge is -2.11. The summed E-state index contributed by atoms with van der Waals surface area (Å²) in [6.45, 7) is 3.69. The Morgan fingerprint density at radius 2 is 2.00 bits per heavy atom. The fourth-order valence-electron chi connectivity index (χ4n) is 1.21. The molecular weight excluding hydrogens is 341 g/mol. The maximum Gasteiger partial charge on any atom is 0.0320 e. The van der Waals surface area contributed by atoms with E-state index in [1.165, 1.54) is 0 Å². The normalized spacial score (nSPS) is 11.7. The molecule has 1 aromatic carbocycles. The number of halogens is 3. The predicted octanol–water partition coefficient (Wildman–Crippen LogP) is 4.60. The second-order valence-electron chi connectivity index (χ2n) is 3.15. The van der Waals surface area contributed by atoms with Crippen molar-refractivity contribution in [1.29, 1.82) is 0 Å². The Morgan fingerprint density at radius 3 is 2.53 bits per heavy atom. The van der Waals surface area contributed by atoms with Gasteiger partial charge in [-0.1, -0.05) is 12.1 Å². The van der Waals surface area contributed by atoms with Crippen LogP contribution in [0.4, 0.5) is 0 Å². The van der Waals surface area contributed by atoms with Gasteiger partial charge in [0.15, 0.2) is 0 Å². The third-order valence-corrected chi connectivity index (χ3v) is 3.93. The highest BCUT2D eigenvalue weighted by atomic mass is 79.9. The van der Waals surface area contributed by atoms with Gasteiger partial charge in [-0.25, -0.2) is 0 Å². The molecule has 4 heteroatoms. The first kappa shape index (κ1) is 15.2. The Bertz CT molecular complexity index is 328. The van der Waals surface area contributed by atoms with Gasteiger partial charge in [0.25, 0.3) is 0 Å². The molecule has 1 atom stereocenters. The summed E-state index contributed by atoms with van der Waals surface area (Å²) >= 11 is 6.89. The van der Waals surface area contributed by atoms with Gasteiger partial charge in [0.2, 0.25) is 0 Å². The summed E-state index contributed by atoms with van der Waals surface area (Å²) in [5, 5.41) is 0. The van der Waals surface area contributed by atoms with Crippen LogP contribution >= 0.6 is 44.3 Å². The Kier molecular flexibility index (Phi) is 7.53. The van der Waals surface area contributed by atoms with Crippen molar-refractivity contribution in [3.8, 4) is 0 Å². The molecule has 1 rings (SSSR count). The van der Waals surface area contributed by atoms with E-state index >= 15 is 0 Å². The molecule has 0 aliphatic heterocycles. The van der Waals surface area contributed by atoms with E-state index in [-0.39, 0.29) is 18.4 Å². The number of hydrogen-bond acceptors (Lipinski definition) is 1. The molecule has 0 radical (unpaired) electrons. The van der Waals surface area contributed by atoms with Gasteiger partial charge in [-0.3, -0.25) is 0 Å². The first-order valence-electron chi connectivity index (χ1n) is 4.46. The largest absolute Gasteiger partial charge is 0.324 e. The summed E-state index contributed by atoms with van der Waals surface area (Å²) in [5.41, 5.74) is 7.17. The molecule has 84 valence electrons.